The second-order valence-corrected chi connectivity index (χ2v) is 7.96. The number of anilines is 1. The number of ketones is 1. The van der Waals surface area contributed by atoms with Gasteiger partial charge < -0.3 is 11.1 Å². The number of Topliss-reactive ketones (excluding diaryl/α,β-unsaturated/α-hetero) is 1. The van der Waals surface area contributed by atoms with E-state index in [1.165, 1.54) is 11.3 Å². The lowest BCUT2D eigenvalue weighted by molar-refractivity contribution is -0.117. The molecule has 7 heteroatoms. The van der Waals surface area contributed by atoms with E-state index in [9.17, 15) is 9.59 Å². The van der Waals surface area contributed by atoms with Gasteiger partial charge in [0.1, 0.15) is 0 Å². The molecule has 1 atom stereocenters. The maximum absolute atomic E-state index is 12.1. The highest BCUT2D eigenvalue weighted by atomic mass is 35.5. The van der Waals surface area contributed by atoms with Crippen molar-refractivity contribution in [3.8, 4) is 0 Å². The van der Waals surface area contributed by atoms with Crippen molar-refractivity contribution in [2.24, 2.45) is 17.1 Å². The van der Waals surface area contributed by atoms with Crippen LogP contribution in [-0.2, 0) is 11.2 Å². The van der Waals surface area contributed by atoms with Gasteiger partial charge in [-0.05, 0) is 24.2 Å². The number of carbonyl (C=O) groups is 2. The molecule has 0 saturated heterocycles. The third-order valence-electron chi connectivity index (χ3n) is 3.53. The van der Waals surface area contributed by atoms with Crippen molar-refractivity contribution >= 4 is 40.6 Å². The van der Waals surface area contributed by atoms with Crippen LogP contribution in [0.2, 0.25) is 0 Å². The fraction of sp³-hybridized carbons (Fsp3) is 0.667. The van der Waals surface area contributed by atoms with E-state index in [1.807, 2.05) is 13.8 Å². The first-order valence-corrected chi connectivity index (χ1v) is 8.09. The lowest BCUT2D eigenvalue weighted by Crippen LogP contribution is -2.36. The van der Waals surface area contributed by atoms with E-state index in [0.29, 0.717) is 28.8 Å². The average molecular weight is 346 g/mol. The summed E-state index contributed by atoms with van der Waals surface area (Å²) in [5.74, 6) is 0.241. The zero-order valence-electron chi connectivity index (χ0n) is 13.4. The minimum atomic E-state index is -0.543. The molecule has 1 amide bonds. The summed E-state index contributed by atoms with van der Waals surface area (Å²) in [7, 11) is 0. The SMILES string of the molecule is CC(C)C[C@H](N)C(=O)Nc1nc2c(s1)C(=O)CC(C)(C)C2.Cl. The summed E-state index contributed by atoms with van der Waals surface area (Å²) in [6.45, 7) is 8.17. The molecular weight excluding hydrogens is 322 g/mol. The van der Waals surface area contributed by atoms with Crippen LogP contribution in [0.25, 0.3) is 0 Å². The van der Waals surface area contributed by atoms with Gasteiger partial charge in [0.25, 0.3) is 0 Å². The van der Waals surface area contributed by atoms with Crippen LogP contribution >= 0.6 is 23.7 Å². The van der Waals surface area contributed by atoms with Gasteiger partial charge in [0.15, 0.2) is 10.9 Å². The number of nitrogens with zero attached hydrogens (tertiary/aromatic N) is 1. The molecule has 2 rings (SSSR count). The zero-order valence-corrected chi connectivity index (χ0v) is 15.1. The molecule has 22 heavy (non-hydrogen) atoms. The highest BCUT2D eigenvalue weighted by Gasteiger charge is 2.34. The molecule has 1 aliphatic carbocycles. The number of hydrogen-bond donors (Lipinski definition) is 2. The van der Waals surface area contributed by atoms with E-state index >= 15 is 0 Å². The van der Waals surface area contributed by atoms with E-state index < -0.39 is 6.04 Å². The van der Waals surface area contributed by atoms with Crippen molar-refractivity contribution in [3.63, 3.8) is 0 Å². The predicted octanol–water partition coefficient (Wildman–Crippen LogP) is 3.03. The number of amides is 1. The van der Waals surface area contributed by atoms with Crippen LogP contribution < -0.4 is 11.1 Å². The second kappa shape index (κ2) is 7.06. The molecule has 1 heterocycles. The Labute approximate surface area is 141 Å². The number of thiazole rings is 1. The molecule has 0 unspecified atom stereocenters. The number of halogens is 1. The van der Waals surface area contributed by atoms with Gasteiger partial charge in [-0.3, -0.25) is 9.59 Å². The Bertz CT molecular complexity index is 569. The number of fused-ring (bicyclic) bond motifs is 1. The van der Waals surface area contributed by atoms with Crippen LogP contribution in [0.5, 0.6) is 0 Å². The summed E-state index contributed by atoms with van der Waals surface area (Å²) in [6.07, 6.45) is 1.92. The summed E-state index contributed by atoms with van der Waals surface area (Å²) in [5, 5.41) is 3.23. The molecule has 3 N–H and O–H groups in total. The van der Waals surface area contributed by atoms with Gasteiger partial charge in [0, 0.05) is 6.42 Å². The van der Waals surface area contributed by atoms with Gasteiger partial charge in [0.2, 0.25) is 5.91 Å². The Morgan fingerprint density at radius 2 is 2.05 bits per heavy atom. The Morgan fingerprint density at radius 3 is 2.64 bits per heavy atom. The summed E-state index contributed by atoms with van der Waals surface area (Å²) in [4.78, 5) is 29.2. The zero-order chi connectivity index (χ0) is 15.8. The summed E-state index contributed by atoms with van der Waals surface area (Å²) >= 11 is 1.26. The Balaban J connectivity index is 0.00000242. The highest BCUT2D eigenvalue weighted by molar-refractivity contribution is 7.17. The van der Waals surface area contributed by atoms with Crippen LogP contribution in [0.1, 0.15) is 55.9 Å². The highest BCUT2D eigenvalue weighted by Crippen LogP contribution is 2.38. The lowest BCUT2D eigenvalue weighted by Gasteiger charge is -2.26. The standard InChI is InChI=1S/C15H23N3O2S.ClH/c1-8(2)5-9(16)13(20)18-14-17-10-6-15(3,4)7-11(19)12(10)21-14;/h8-9H,5-7,16H2,1-4H3,(H,17,18,20);1H/t9-;/m0./s1. The van der Waals surface area contributed by atoms with Gasteiger partial charge in [-0.1, -0.05) is 39.0 Å². The first kappa shape index (κ1) is 19.1. The van der Waals surface area contributed by atoms with Crippen LogP contribution in [-0.4, -0.2) is 22.7 Å². The molecule has 1 aromatic rings. The summed E-state index contributed by atoms with van der Waals surface area (Å²) < 4.78 is 0. The topological polar surface area (TPSA) is 85.1 Å². The van der Waals surface area contributed by atoms with Crippen molar-refractivity contribution in [1.82, 2.24) is 4.98 Å². The third kappa shape index (κ3) is 4.51. The summed E-state index contributed by atoms with van der Waals surface area (Å²) in [6, 6.07) is -0.543. The largest absolute Gasteiger partial charge is 0.320 e. The fourth-order valence-corrected chi connectivity index (χ4v) is 3.51. The van der Waals surface area contributed by atoms with Crippen molar-refractivity contribution in [2.45, 2.75) is 53.0 Å². The molecule has 0 aliphatic heterocycles. The first-order chi connectivity index (χ1) is 9.68. The summed E-state index contributed by atoms with van der Waals surface area (Å²) in [5.41, 5.74) is 6.59. The van der Waals surface area contributed by atoms with E-state index in [-0.39, 0.29) is 29.5 Å². The smallest absolute Gasteiger partial charge is 0.243 e. The molecule has 1 aliphatic rings. The minimum Gasteiger partial charge on any atom is -0.320 e. The lowest BCUT2D eigenvalue weighted by atomic mass is 9.78. The van der Waals surface area contributed by atoms with Gasteiger partial charge in [-0.2, -0.15) is 0 Å². The Hall–Kier alpha value is -0.980. The monoisotopic (exact) mass is 345 g/mol. The molecule has 5 nitrogen and oxygen atoms in total. The van der Waals surface area contributed by atoms with Crippen molar-refractivity contribution in [3.05, 3.63) is 10.6 Å². The Morgan fingerprint density at radius 1 is 1.41 bits per heavy atom. The van der Waals surface area contributed by atoms with E-state index in [0.717, 1.165) is 12.1 Å². The number of carbonyl (C=O) groups excluding carboxylic acids is 2. The Kier molecular flexibility index (Phi) is 6.12. The average Bonchev–Trinajstić information content (AvgIpc) is 2.69. The quantitative estimate of drug-likeness (QED) is 0.878. The normalized spacial score (nSPS) is 17.6. The molecule has 0 aromatic carbocycles. The van der Waals surface area contributed by atoms with Gasteiger partial charge >= 0.3 is 0 Å². The molecule has 1 aromatic heterocycles. The number of aromatic nitrogens is 1. The predicted molar refractivity (Wildman–Crippen MR) is 91.9 cm³/mol. The van der Waals surface area contributed by atoms with Gasteiger partial charge in [-0.25, -0.2) is 4.98 Å². The van der Waals surface area contributed by atoms with Crippen molar-refractivity contribution < 1.29 is 9.59 Å². The first-order valence-electron chi connectivity index (χ1n) is 7.27. The van der Waals surface area contributed by atoms with Crippen LogP contribution in [0.3, 0.4) is 0 Å². The van der Waals surface area contributed by atoms with Gasteiger partial charge in [-0.15, -0.1) is 12.4 Å². The maximum atomic E-state index is 12.1. The van der Waals surface area contributed by atoms with Crippen LogP contribution in [0.15, 0.2) is 0 Å². The van der Waals surface area contributed by atoms with E-state index in [4.69, 9.17) is 5.73 Å². The molecule has 0 bridgehead atoms. The number of nitrogens with two attached hydrogens (primary N) is 1. The van der Waals surface area contributed by atoms with Crippen molar-refractivity contribution in [2.75, 3.05) is 5.32 Å². The van der Waals surface area contributed by atoms with E-state index in [2.05, 4.69) is 24.1 Å². The molecule has 0 spiro atoms. The van der Waals surface area contributed by atoms with Crippen LogP contribution in [0, 0.1) is 11.3 Å². The molecule has 0 fully saturated rings. The van der Waals surface area contributed by atoms with Crippen LogP contribution in [0.4, 0.5) is 5.13 Å². The van der Waals surface area contributed by atoms with Gasteiger partial charge in [0.05, 0.1) is 16.6 Å². The number of rotatable bonds is 4. The molecular formula is C15H24ClN3O2S. The number of nitrogens with one attached hydrogen (secondary N) is 1. The van der Waals surface area contributed by atoms with E-state index in [1.54, 1.807) is 0 Å². The molecule has 0 radical (unpaired) electrons. The molecule has 0 saturated carbocycles. The maximum Gasteiger partial charge on any atom is 0.243 e. The fourth-order valence-electron chi connectivity index (χ4n) is 2.59. The minimum absolute atomic E-state index is 0. The number of hydrogen-bond acceptors (Lipinski definition) is 5. The van der Waals surface area contributed by atoms with Crippen molar-refractivity contribution in [1.29, 1.82) is 0 Å². The second-order valence-electron chi connectivity index (χ2n) is 6.96. The molecule has 124 valence electrons. The third-order valence-corrected chi connectivity index (χ3v) is 4.58.